The summed E-state index contributed by atoms with van der Waals surface area (Å²) in [4.78, 5) is 12.9. The molecule has 3 aliphatic rings. The fourth-order valence-corrected chi connectivity index (χ4v) is 6.18. The predicted octanol–water partition coefficient (Wildman–Crippen LogP) is 1.21. The molecule has 0 aromatic carbocycles. The lowest BCUT2D eigenvalue weighted by Gasteiger charge is -2.29. The summed E-state index contributed by atoms with van der Waals surface area (Å²) < 4.78 is 28.8. The molecule has 3 aliphatic heterocycles. The van der Waals surface area contributed by atoms with E-state index in [1.807, 2.05) is 0 Å². The summed E-state index contributed by atoms with van der Waals surface area (Å²) >= 11 is 0. The number of hydrogen-bond donors (Lipinski definition) is 2. The molecule has 3 fully saturated rings. The smallest absolute Gasteiger partial charge is 0.268 e. The van der Waals surface area contributed by atoms with Crippen LogP contribution in [0.2, 0.25) is 0 Å². The van der Waals surface area contributed by atoms with Crippen LogP contribution in [0.5, 0.6) is 0 Å². The van der Waals surface area contributed by atoms with Gasteiger partial charge in [-0.05, 0) is 44.6 Å². The molecule has 2 atom stereocenters. The van der Waals surface area contributed by atoms with Crippen LogP contribution in [-0.2, 0) is 17.1 Å². The fraction of sp³-hybridized carbons (Fsp3) is 0.722. The number of piperidine rings is 2. The summed E-state index contributed by atoms with van der Waals surface area (Å²) in [6.07, 6.45) is 8.70. The number of nitrogens with one attached hydrogen (secondary N) is 2. The van der Waals surface area contributed by atoms with Crippen molar-refractivity contribution in [2.75, 3.05) is 13.1 Å². The Hall–Kier alpha value is -1.38. The van der Waals surface area contributed by atoms with Gasteiger partial charge >= 0.3 is 0 Å². The minimum absolute atomic E-state index is 0.165. The van der Waals surface area contributed by atoms with Gasteiger partial charge in [0, 0.05) is 44.5 Å². The summed E-state index contributed by atoms with van der Waals surface area (Å²) in [6, 6.07) is 2.69. The summed E-state index contributed by atoms with van der Waals surface area (Å²) in [5.41, 5.74) is 0.409. The maximum atomic E-state index is 12.8. The third-order valence-corrected chi connectivity index (χ3v) is 7.84. The van der Waals surface area contributed by atoms with Gasteiger partial charge in [-0.15, -0.1) is 0 Å². The molecule has 26 heavy (non-hydrogen) atoms. The average Bonchev–Trinajstić information content (AvgIpc) is 3.18. The summed E-state index contributed by atoms with van der Waals surface area (Å²) in [5.74, 6) is -0.182. The topological polar surface area (TPSA) is 83.4 Å². The number of fused-ring (bicyclic) bond motifs is 2. The van der Waals surface area contributed by atoms with Crippen LogP contribution < -0.4 is 10.6 Å². The van der Waals surface area contributed by atoms with Gasteiger partial charge in [-0.2, -0.15) is 4.31 Å². The number of amides is 1. The van der Waals surface area contributed by atoms with Crippen LogP contribution in [0, 0.1) is 0 Å². The molecule has 2 bridgehead atoms. The van der Waals surface area contributed by atoms with E-state index in [1.54, 1.807) is 17.8 Å². The first-order valence-electron chi connectivity index (χ1n) is 9.67. The summed E-state index contributed by atoms with van der Waals surface area (Å²) in [5, 5.41) is 6.68. The highest BCUT2D eigenvalue weighted by Crippen LogP contribution is 2.27. The molecule has 8 heteroatoms. The van der Waals surface area contributed by atoms with E-state index < -0.39 is 10.0 Å². The van der Waals surface area contributed by atoms with Crippen molar-refractivity contribution >= 4 is 15.9 Å². The van der Waals surface area contributed by atoms with E-state index in [0.29, 0.717) is 30.9 Å². The van der Waals surface area contributed by atoms with Crippen molar-refractivity contribution < 1.29 is 13.2 Å². The van der Waals surface area contributed by atoms with Crippen molar-refractivity contribution in [3.8, 4) is 0 Å². The number of aryl methyl sites for hydroxylation is 1. The third kappa shape index (κ3) is 3.42. The van der Waals surface area contributed by atoms with E-state index in [4.69, 9.17) is 0 Å². The monoisotopic (exact) mass is 380 g/mol. The normalized spacial score (nSPS) is 29.7. The number of hydrogen-bond acceptors (Lipinski definition) is 4. The van der Waals surface area contributed by atoms with Crippen molar-refractivity contribution in [2.24, 2.45) is 7.05 Å². The Morgan fingerprint density at radius 2 is 1.81 bits per heavy atom. The van der Waals surface area contributed by atoms with Crippen molar-refractivity contribution in [3.63, 3.8) is 0 Å². The van der Waals surface area contributed by atoms with Crippen LogP contribution in [0.15, 0.2) is 17.2 Å². The van der Waals surface area contributed by atoms with Gasteiger partial charge in [0.15, 0.2) is 0 Å². The lowest BCUT2D eigenvalue weighted by atomic mass is 10.00. The Kier molecular flexibility index (Phi) is 4.83. The molecule has 1 aromatic heterocycles. The minimum atomic E-state index is -3.52. The molecule has 4 rings (SSSR count). The second kappa shape index (κ2) is 6.98. The van der Waals surface area contributed by atoms with Crippen LogP contribution in [0.25, 0.3) is 0 Å². The molecule has 0 spiro atoms. The second-order valence-electron chi connectivity index (χ2n) is 7.92. The molecule has 2 unspecified atom stereocenters. The van der Waals surface area contributed by atoms with E-state index in [9.17, 15) is 13.2 Å². The highest BCUT2D eigenvalue weighted by molar-refractivity contribution is 7.89. The zero-order chi connectivity index (χ0) is 18.3. The summed E-state index contributed by atoms with van der Waals surface area (Å²) in [7, 11) is -1.78. The van der Waals surface area contributed by atoms with Crippen LogP contribution in [0.4, 0.5) is 0 Å². The Bertz CT molecular complexity index is 770. The number of rotatable bonds is 4. The van der Waals surface area contributed by atoms with Crippen molar-refractivity contribution in [1.29, 1.82) is 0 Å². The van der Waals surface area contributed by atoms with Crippen molar-refractivity contribution in [3.05, 3.63) is 18.0 Å². The van der Waals surface area contributed by atoms with Gasteiger partial charge in [0.05, 0.1) is 0 Å². The molecule has 7 nitrogen and oxygen atoms in total. The lowest BCUT2D eigenvalue weighted by Crippen LogP contribution is -2.48. The molecule has 2 N–H and O–H groups in total. The molecule has 1 amide bonds. The Balaban J connectivity index is 1.48. The molecule has 3 saturated heterocycles. The second-order valence-corrected chi connectivity index (χ2v) is 9.85. The molecule has 144 valence electrons. The quantitative estimate of drug-likeness (QED) is 0.823. The minimum Gasteiger partial charge on any atom is -0.348 e. The Morgan fingerprint density at radius 3 is 2.46 bits per heavy atom. The van der Waals surface area contributed by atoms with Gasteiger partial charge in [0.1, 0.15) is 10.6 Å². The Labute approximate surface area is 155 Å². The summed E-state index contributed by atoms with van der Waals surface area (Å²) in [6.45, 7) is 1.13. The number of carbonyl (C=O) groups is 1. The predicted molar refractivity (Wildman–Crippen MR) is 98.5 cm³/mol. The van der Waals surface area contributed by atoms with Crippen molar-refractivity contribution in [2.45, 2.75) is 68.0 Å². The molecule has 0 aliphatic carbocycles. The number of nitrogens with zero attached hydrogens (tertiary/aromatic N) is 2. The van der Waals surface area contributed by atoms with Crippen LogP contribution in [-0.4, -0.2) is 54.4 Å². The molecule has 0 saturated carbocycles. The largest absolute Gasteiger partial charge is 0.348 e. The fourth-order valence-electron chi connectivity index (χ4n) is 4.59. The van der Waals surface area contributed by atoms with Crippen molar-refractivity contribution in [1.82, 2.24) is 19.5 Å². The van der Waals surface area contributed by atoms with E-state index in [-0.39, 0.29) is 16.8 Å². The highest BCUT2D eigenvalue weighted by atomic mass is 32.2. The first kappa shape index (κ1) is 18.0. The maximum Gasteiger partial charge on any atom is 0.268 e. The van der Waals surface area contributed by atoms with E-state index in [0.717, 1.165) is 32.1 Å². The SMILES string of the molecule is Cn1cc(S(=O)(=O)N2CCCCC2)cc1C(=O)NC1CC2CCC(C1)N2. The van der Waals surface area contributed by atoms with Gasteiger partial charge in [-0.1, -0.05) is 6.42 Å². The van der Waals surface area contributed by atoms with Crippen LogP contribution in [0.1, 0.15) is 55.4 Å². The number of sulfonamides is 1. The molecule has 0 radical (unpaired) electrons. The van der Waals surface area contributed by atoms with Gasteiger partial charge in [-0.25, -0.2) is 8.42 Å². The van der Waals surface area contributed by atoms with Crippen LogP contribution in [0.3, 0.4) is 0 Å². The molecule has 4 heterocycles. The third-order valence-electron chi connectivity index (χ3n) is 5.97. The number of aromatic nitrogens is 1. The highest BCUT2D eigenvalue weighted by Gasteiger charge is 2.35. The standard InChI is InChI=1S/C18H28N4O3S/c1-21-12-16(26(24,25)22-7-3-2-4-8-22)11-17(21)18(23)20-15-9-13-5-6-14(10-15)19-13/h11-15,19H,2-10H2,1H3,(H,20,23). The maximum absolute atomic E-state index is 12.8. The van der Waals surface area contributed by atoms with Gasteiger partial charge in [0.2, 0.25) is 10.0 Å². The first-order chi connectivity index (χ1) is 12.4. The molecular weight excluding hydrogens is 352 g/mol. The van der Waals surface area contributed by atoms with Gasteiger partial charge < -0.3 is 15.2 Å². The number of carbonyl (C=O) groups excluding carboxylic acids is 1. The van der Waals surface area contributed by atoms with Gasteiger partial charge in [0.25, 0.3) is 5.91 Å². The molecular formula is C18H28N4O3S. The van der Waals surface area contributed by atoms with E-state index in [2.05, 4.69) is 10.6 Å². The van der Waals surface area contributed by atoms with E-state index >= 15 is 0 Å². The zero-order valence-corrected chi connectivity index (χ0v) is 16.1. The zero-order valence-electron chi connectivity index (χ0n) is 15.3. The van der Waals surface area contributed by atoms with Crippen LogP contribution >= 0.6 is 0 Å². The first-order valence-corrected chi connectivity index (χ1v) is 11.1. The molecule has 1 aromatic rings. The van der Waals surface area contributed by atoms with E-state index in [1.165, 1.54) is 23.2 Å². The Morgan fingerprint density at radius 1 is 1.15 bits per heavy atom. The lowest BCUT2D eigenvalue weighted by molar-refractivity contribution is 0.0915. The van der Waals surface area contributed by atoms with Gasteiger partial charge in [-0.3, -0.25) is 4.79 Å². The average molecular weight is 381 g/mol.